The van der Waals surface area contributed by atoms with E-state index in [-0.39, 0.29) is 0 Å². The molecule has 0 aliphatic rings. The maximum absolute atomic E-state index is 2.32. The first kappa shape index (κ1) is 13.1. The minimum atomic E-state index is 1.18. The van der Waals surface area contributed by atoms with Crippen molar-refractivity contribution in [2.24, 2.45) is 0 Å². The molecule has 0 saturated carbocycles. The van der Waals surface area contributed by atoms with Crippen molar-refractivity contribution < 1.29 is 0 Å². The lowest BCUT2D eigenvalue weighted by Crippen LogP contribution is -2.08. The molecule has 2 heteroatoms. The largest absolute Gasteiger partial charge is 0.309 e. The lowest BCUT2D eigenvalue weighted by atomic mass is 10.1. The fourth-order valence-electron chi connectivity index (χ4n) is 2.72. The normalized spacial score (nSPS) is 10.7. The number of nitrogens with zero attached hydrogens (tertiary/aromatic N) is 1. The quantitative estimate of drug-likeness (QED) is 0.425. The summed E-state index contributed by atoms with van der Waals surface area (Å²) in [5.74, 6) is 0. The highest BCUT2D eigenvalue weighted by Crippen LogP contribution is 2.41. The summed E-state index contributed by atoms with van der Waals surface area (Å²) in [6.07, 6.45) is 0. The topological polar surface area (TPSA) is 3.24 Å². The van der Waals surface area contributed by atoms with Gasteiger partial charge in [0.1, 0.15) is 0 Å². The predicted octanol–water partition coefficient (Wildman–Crippen LogP) is 6.37. The predicted molar refractivity (Wildman–Crippen MR) is 96.5 cm³/mol. The van der Waals surface area contributed by atoms with Crippen molar-refractivity contribution in [3.63, 3.8) is 0 Å². The molecule has 22 heavy (non-hydrogen) atoms. The van der Waals surface area contributed by atoms with Crippen LogP contribution in [0.2, 0.25) is 0 Å². The molecule has 1 nitrogen and oxygen atoms in total. The molecule has 0 radical (unpaired) electrons. The van der Waals surface area contributed by atoms with E-state index in [0.717, 1.165) is 0 Å². The summed E-state index contributed by atoms with van der Waals surface area (Å²) >= 11 is 1.79. The second kappa shape index (κ2) is 5.66. The number of hydrogen-bond donors (Lipinski definition) is 0. The SMILES string of the molecule is c1ccc(N(c2ccccc2)c2csc3ccccc23)cc1. The van der Waals surface area contributed by atoms with E-state index in [1.807, 2.05) is 0 Å². The van der Waals surface area contributed by atoms with Crippen LogP contribution in [0, 0.1) is 0 Å². The molecule has 4 rings (SSSR count). The van der Waals surface area contributed by atoms with Gasteiger partial charge in [-0.2, -0.15) is 0 Å². The van der Waals surface area contributed by atoms with Gasteiger partial charge in [-0.1, -0.05) is 54.6 Å². The number of fused-ring (bicyclic) bond motifs is 1. The highest BCUT2D eigenvalue weighted by molar-refractivity contribution is 7.17. The van der Waals surface area contributed by atoms with Crippen molar-refractivity contribution in [3.05, 3.63) is 90.3 Å². The number of hydrogen-bond acceptors (Lipinski definition) is 2. The molecule has 0 spiro atoms. The highest BCUT2D eigenvalue weighted by atomic mass is 32.1. The maximum Gasteiger partial charge on any atom is 0.0647 e. The Morgan fingerprint density at radius 3 is 1.77 bits per heavy atom. The molecule has 0 bridgehead atoms. The third-order valence-electron chi connectivity index (χ3n) is 3.73. The molecular weight excluding hydrogens is 286 g/mol. The summed E-state index contributed by atoms with van der Waals surface area (Å²) in [6.45, 7) is 0. The van der Waals surface area contributed by atoms with Crippen molar-refractivity contribution in [3.8, 4) is 0 Å². The first-order valence-corrected chi connectivity index (χ1v) is 8.18. The molecular formula is C20H15NS. The average Bonchev–Trinajstić information content (AvgIpc) is 3.01. The Bertz CT molecular complexity index is 842. The van der Waals surface area contributed by atoms with Gasteiger partial charge in [0.15, 0.2) is 0 Å². The Morgan fingerprint density at radius 1 is 0.591 bits per heavy atom. The third kappa shape index (κ3) is 2.28. The van der Waals surface area contributed by atoms with Crippen LogP contribution in [0.15, 0.2) is 90.3 Å². The van der Waals surface area contributed by atoms with Crippen LogP contribution in [0.25, 0.3) is 10.1 Å². The lowest BCUT2D eigenvalue weighted by Gasteiger charge is -2.24. The summed E-state index contributed by atoms with van der Waals surface area (Å²) in [5, 5.41) is 3.53. The van der Waals surface area contributed by atoms with E-state index in [1.165, 1.54) is 27.1 Å². The second-order valence-electron chi connectivity index (χ2n) is 5.12. The summed E-state index contributed by atoms with van der Waals surface area (Å²) in [6, 6.07) is 29.6. The molecule has 0 aliphatic heterocycles. The number of anilines is 3. The monoisotopic (exact) mass is 301 g/mol. The first-order chi connectivity index (χ1) is 10.9. The van der Waals surface area contributed by atoms with Crippen LogP contribution in [-0.4, -0.2) is 0 Å². The Labute approximate surface area is 134 Å². The fourth-order valence-corrected chi connectivity index (χ4v) is 3.65. The molecule has 0 aliphatic carbocycles. The van der Waals surface area contributed by atoms with Crippen molar-refractivity contribution in [2.75, 3.05) is 4.90 Å². The second-order valence-corrected chi connectivity index (χ2v) is 6.03. The Hall–Kier alpha value is -2.58. The molecule has 3 aromatic carbocycles. The van der Waals surface area contributed by atoms with Crippen LogP contribution in [0.3, 0.4) is 0 Å². The molecule has 1 aromatic heterocycles. The molecule has 0 amide bonds. The van der Waals surface area contributed by atoms with Gasteiger partial charge in [-0.25, -0.2) is 0 Å². The van der Waals surface area contributed by atoms with E-state index in [2.05, 4.69) is 95.2 Å². The van der Waals surface area contributed by atoms with Crippen molar-refractivity contribution in [2.45, 2.75) is 0 Å². The van der Waals surface area contributed by atoms with Crippen LogP contribution >= 0.6 is 11.3 Å². The molecule has 106 valence electrons. The zero-order chi connectivity index (χ0) is 14.8. The van der Waals surface area contributed by atoms with E-state index in [4.69, 9.17) is 0 Å². The van der Waals surface area contributed by atoms with E-state index in [9.17, 15) is 0 Å². The minimum Gasteiger partial charge on any atom is -0.309 e. The van der Waals surface area contributed by atoms with Gasteiger partial charge in [0.05, 0.1) is 5.69 Å². The molecule has 0 unspecified atom stereocenters. The zero-order valence-corrected chi connectivity index (χ0v) is 12.8. The number of benzene rings is 3. The van der Waals surface area contributed by atoms with Crippen LogP contribution < -0.4 is 4.90 Å². The summed E-state index contributed by atoms with van der Waals surface area (Å²) < 4.78 is 1.31. The zero-order valence-electron chi connectivity index (χ0n) is 12.0. The van der Waals surface area contributed by atoms with Crippen LogP contribution in [-0.2, 0) is 0 Å². The average molecular weight is 301 g/mol. The molecule has 4 aromatic rings. The van der Waals surface area contributed by atoms with Crippen LogP contribution in [0.5, 0.6) is 0 Å². The van der Waals surface area contributed by atoms with Gasteiger partial charge in [-0.15, -0.1) is 11.3 Å². The molecule has 0 atom stereocenters. The van der Waals surface area contributed by atoms with E-state index in [1.54, 1.807) is 11.3 Å². The van der Waals surface area contributed by atoms with E-state index < -0.39 is 0 Å². The van der Waals surface area contributed by atoms with Crippen molar-refractivity contribution in [1.82, 2.24) is 0 Å². The van der Waals surface area contributed by atoms with Crippen LogP contribution in [0.1, 0.15) is 0 Å². The highest BCUT2D eigenvalue weighted by Gasteiger charge is 2.15. The summed E-state index contributed by atoms with van der Waals surface area (Å²) in [7, 11) is 0. The number of para-hydroxylation sites is 2. The molecule has 1 heterocycles. The van der Waals surface area contributed by atoms with Gasteiger partial charge in [0.25, 0.3) is 0 Å². The van der Waals surface area contributed by atoms with Gasteiger partial charge in [0.2, 0.25) is 0 Å². The van der Waals surface area contributed by atoms with E-state index >= 15 is 0 Å². The summed E-state index contributed by atoms with van der Waals surface area (Å²) in [5.41, 5.74) is 3.59. The van der Waals surface area contributed by atoms with Gasteiger partial charge >= 0.3 is 0 Å². The Balaban J connectivity index is 1.95. The van der Waals surface area contributed by atoms with Gasteiger partial charge in [-0.3, -0.25) is 0 Å². The Kier molecular flexibility index (Phi) is 3.37. The van der Waals surface area contributed by atoms with Crippen molar-refractivity contribution in [1.29, 1.82) is 0 Å². The lowest BCUT2D eigenvalue weighted by molar-refractivity contribution is 1.31. The van der Waals surface area contributed by atoms with E-state index in [0.29, 0.717) is 0 Å². The maximum atomic E-state index is 2.32. The van der Waals surface area contributed by atoms with Gasteiger partial charge < -0.3 is 4.90 Å². The number of thiophene rings is 1. The molecule has 0 saturated heterocycles. The fraction of sp³-hybridized carbons (Fsp3) is 0. The number of rotatable bonds is 3. The van der Waals surface area contributed by atoms with Crippen molar-refractivity contribution >= 4 is 38.5 Å². The molecule has 0 fully saturated rings. The van der Waals surface area contributed by atoms with Gasteiger partial charge in [0, 0.05) is 26.8 Å². The summed E-state index contributed by atoms with van der Waals surface area (Å²) in [4.78, 5) is 2.32. The minimum absolute atomic E-state index is 1.18. The smallest absolute Gasteiger partial charge is 0.0647 e. The van der Waals surface area contributed by atoms with Gasteiger partial charge in [-0.05, 0) is 30.3 Å². The van der Waals surface area contributed by atoms with Crippen LogP contribution in [0.4, 0.5) is 17.1 Å². The third-order valence-corrected chi connectivity index (χ3v) is 4.68. The standard InChI is InChI=1S/C20H15NS/c1-3-9-16(10-4-1)21(17-11-5-2-6-12-17)19-15-22-20-14-8-7-13-18(19)20/h1-15H. The molecule has 0 N–H and O–H groups in total. The first-order valence-electron chi connectivity index (χ1n) is 7.30. The Morgan fingerprint density at radius 2 is 1.14 bits per heavy atom.